The Morgan fingerprint density at radius 2 is 2.00 bits per heavy atom. The van der Waals surface area contributed by atoms with Crippen molar-refractivity contribution < 1.29 is 9.59 Å². The lowest BCUT2D eigenvalue weighted by Gasteiger charge is -2.40. The van der Waals surface area contributed by atoms with Gasteiger partial charge in [0.15, 0.2) is 0 Å². The second-order valence-corrected chi connectivity index (χ2v) is 8.32. The van der Waals surface area contributed by atoms with Gasteiger partial charge >= 0.3 is 0 Å². The number of amides is 2. The van der Waals surface area contributed by atoms with Gasteiger partial charge in [0.05, 0.1) is 11.5 Å². The van der Waals surface area contributed by atoms with Crippen molar-refractivity contribution in [3.63, 3.8) is 0 Å². The molecule has 0 bridgehead atoms. The smallest absolute Gasteiger partial charge is 0.263 e. The predicted molar refractivity (Wildman–Crippen MR) is 113 cm³/mol. The van der Waals surface area contributed by atoms with Gasteiger partial charge in [0, 0.05) is 27.9 Å². The Morgan fingerprint density at radius 3 is 2.83 bits per heavy atom. The molecule has 2 aromatic carbocycles. The lowest BCUT2D eigenvalue weighted by molar-refractivity contribution is -0.120. The van der Waals surface area contributed by atoms with Crippen LogP contribution in [-0.2, 0) is 16.0 Å². The number of hydrogen-bond acceptors (Lipinski definition) is 3. The molecule has 0 spiro atoms. The minimum Gasteiger partial charge on any atom is -0.354 e. The van der Waals surface area contributed by atoms with Gasteiger partial charge in [-0.25, -0.2) is 0 Å². The SMILES string of the molecule is Cc1ccc2c3c([nH]c2c1)C1=C(C#N)C(=O)NC1(C1C(=O)Nc2ccccc21)CC3. The number of hydrogen-bond donors (Lipinski definition) is 3. The van der Waals surface area contributed by atoms with Crippen molar-refractivity contribution in [2.75, 3.05) is 5.32 Å². The van der Waals surface area contributed by atoms with Crippen LogP contribution in [0.2, 0.25) is 0 Å². The Bertz CT molecular complexity index is 1370. The first kappa shape index (κ1) is 17.0. The van der Waals surface area contributed by atoms with Gasteiger partial charge in [-0.3, -0.25) is 9.59 Å². The molecule has 0 radical (unpaired) electrons. The third kappa shape index (κ3) is 1.97. The Balaban J connectivity index is 1.65. The third-order valence-corrected chi connectivity index (χ3v) is 6.74. The van der Waals surface area contributed by atoms with Crippen LogP contribution in [0.25, 0.3) is 16.5 Å². The first-order valence-corrected chi connectivity index (χ1v) is 10.0. The summed E-state index contributed by atoms with van der Waals surface area (Å²) < 4.78 is 0. The van der Waals surface area contributed by atoms with Crippen molar-refractivity contribution in [1.29, 1.82) is 5.26 Å². The molecule has 3 aliphatic rings. The van der Waals surface area contributed by atoms with Crippen LogP contribution in [0.1, 0.15) is 34.7 Å². The molecule has 2 aliphatic heterocycles. The van der Waals surface area contributed by atoms with Gasteiger partial charge in [0.2, 0.25) is 5.91 Å². The number of H-pyrrole nitrogens is 1. The molecule has 6 nitrogen and oxygen atoms in total. The van der Waals surface area contributed by atoms with Gasteiger partial charge < -0.3 is 15.6 Å². The Labute approximate surface area is 172 Å². The number of fused-ring (bicyclic) bond motifs is 6. The van der Waals surface area contributed by atoms with Crippen LogP contribution in [0.15, 0.2) is 48.0 Å². The molecule has 6 heteroatoms. The monoisotopic (exact) mass is 394 g/mol. The van der Waals surface area contributed by atoms with E-state index in [4.69, 9.17) is 0 Å². The number of nitriles is 1. The van der Waals surface area contributed by atoms with E-state index < -0.39 is 17.4 Å². The summed E-state index contributed by atoms with van der Waals surface area (Å²) in [5.41, 5.74) is 5.41. The minimum absolute atomic E-state index is 0.0939. The van der Waals surface area contributed by atoms with Crippen LogP contribution in [0.3, 0.4) is 0 Å². The number of para-hydroxylation sites is 1. The van der Waals surface area contributed by atoms with Gasteiger partial charge in [-0.05, 0) is 48.6 Å². The van der Waals surface area contributed by atoms with E-state index >= 15 is 0 Å². The second kappa shape index (κ2) is 5.61. The summed E-state index contributed by atoms with van der Waals surface area (Å²) in [6.07, 6.45) is 1.26. The molecule has 3 aromatic rings. The highest BCUT2D eigenvalue weighted by Gasteiger charge is 2.58. The standard InChI is InChI=1S/C24H18N4O2/c1-12-6-7-13-14-8-9-24(20-15-4-2-3-5-17(15)27-23(20)30)19(16(11-25)22(29)28-24)21(14)26-18(13)10-12/h2-7,10,20,26H,8-9H2,1H3,(H,27,30)(H,28,29). The maximum atomic E-state index is 13.1. The van der Waals surface area contributed by atoms with Crippen LogP contribution in [0.4, 0.5) is 5.69 Å². The summed E-state index contributed by atoms with van der Waals surface area (Å²) in [6, 6.07) is 15.9. The minimum atomic E-state index is -0.943. The molecule has 6 rings (SSSR count). The molecular formula is C24H18N4O2. The molecule has 3 heterocycles. The number of nitrogens with one attached hydrogen (secondary N) is 3. The fourth-order valence-corrected chi connectivity index (χ4v) is 5.53. The van der Waals surface area contributed by atoms with Gasteiger partial charge in [-0.1, -0.05) is 30.3 Å². The zero-order chi connectivity index (χ0) is 20.6. The summed E-state index contributed by atoms with van der Waals surface area (Å²) in [4.78, 5) is 29.5. The molecule has 1 aromatic heterocycles. The van der Waals surface area contributed by atoms with Crippen molar-refractivity contribution in [1.82, 2.24) is 10.3 Å². The normalized spacial score (nSPS) is 24.2. The van der Waals surface area contributed by atoms with Crippen molar-refractivity contribution >= 4 is 34.0 Å². The third-order valence-electron chi connectivity index (χ3n) is 6.74. The quantitative estimate of drug-likeness (QED) is 0.591. The molecule has 0 saturated heterocycles. The molecule has 2 atom stereocenters. The average molecular weight is 394 g/mol. The van der Waals surface area contributed by atoms with E-state index in [1.54, 1.807) is 0 Å². The largest absolute Gasteiger partial charge is 0.354 e. The molecule has 0 saturated carbocycles. The van der Waals surface area contributed by atoms with Gasteiger partial charge in [0.1, 0.15) is 11.6 Å². The number of aryl methyl sites for hydroxylation is 2. The molecule has 3 N–H and O–H groups in total. The zero-order valence-corrected chi connectivity index (χ0v) is 16.3. The van der Waals surface area contributed by atoms with Crippen molar-refractivity contribution in [2.24, 2.45) is 0 Å². The number of carbonyl (C=O) groups excluding carboxylic acids is 2. The van der Waals surface area contributed by atoms with Crippen LogP contribution in [-0.4, -0.2) is 22.3 Å². The van der Waals surface area contributed by atoms with E-state index in [-0.39, 0.29) is 11.5 Å². The van der Waals surface area contributed by atoms with Gasteiger partial charge in [-0.2, -0.15) is 5.26 Å². The van der Waals surface area contributed by atoms with E-state index in [1.165, 1.54) is 0 Å². The van der Waals surface area contributed by atoms with Gasteiger partial charge in [-0.15, -0.1) is 0 Å². The summed E-state index contributed by atoms with van der Waals surface area (Å²) in [6.45, 7) is 2.03. The Hall–Kier alpha value is -3.85. The average Bonchev–Trinajstić information content (AvgIpc) is 3.34. The summed E-state index contributed by atoms with van der Waals surface area (Å²) in [5, 5.41) is 17.0. The number of aromatic nitrogens is 1. The molecule has 1 aliphatic carbocycles. The highest BCUT2D eigenvalue weighted by molar-refractivity contribution is 6.17. The zero-order valence-electron chi connectivity index (χ0n) is 16.3. The highest BCUT2D eigenvalue weighted by Crippen LogP contribution is 2.54. The summed E-state index contributed by atoms with van der Waals surface area (Å²) in [7, 11) is 0. The molecule has 2 unspecified atom stereocenters. The lowest BCUT2D eigenvalue weighted by atomic mass is 9.67. The van der Waals surface area contributed by atoms with E-state index in [0.29, 0.717) is 18.4 Å². The van der Waals surface area contributed by atoms with E-state index in [9.17, 15) is 14.9 Å². The van der Waals surface area contributed by atoms with Crippen LogP contribution < -0.4 is 10.6 Å². The molecule has 0 fully saturated rings. The maximum Gasteiger partial charge on any atom is 0.263 e. The van der Waals surface area contributed by atoms with Crippen molar-refractivity contribution in [3.05, 3.63) is 70.4 Å². The number of benzene rings is 2. The second-order valence-electron chi connectivity index (χ2n) is 8.32. The van der Waals surface area contributed by atoms with Gasteiger partial charge in [0.25, 0.3) is 5.91 Å². The van der Waals surface area contributed by atoms with Crippen molar-refractivity contribution in [3.8, 4) is 6.07 Å². The molecule has 30 heavy (non-hydrogen) atoms. The number of carbonyl (C=O) groups is 2. The highest BCUT2D eigenvalue weighted by atomic mass is 16.2. The first-order chi connectivity index (χ1) is 14.5. The molecular weight excluding hydrogens is 376 g/mol. The molecule has 2 amide bonds. The van der Waals surface area contributed by atoms with Crippen LogP contribution in [0.5, 0.6) is 0 Å². The number of anilines is 1. The number of nitrogens with zero attached hydrogens (tertiary/aromatic N) is 1. The number of aromatic amines is 1. The van der Waals surface area contributed by atoms with E-state index in [0.717, 1.165) is 39.0 Å². The lowest BCUT2D eigenvalue weighted by Crippen LogP contribution is -2.52. The first-order valence-electron chi connectivity index (χ1n) is 10.0. The summed E-state index contributed by atoms with van der Waals surface area (Å²) in [5.74, 6) is -1.14. The van der Waals surface area contributed by atoms with E-state index in [2.05, 4.69) is 39.9 Å². The van der Waals surface area contributed by atoms with Crippen molar-refractivity contribution in [2.45, 2.75) is 31.2 Å². The predicted octanol–water partition coefficient (Wildman–Crippen LogP) is 3.30. The number of rotatable bonds is 1. The van der Waals surface area contributed by atoms with Crippen LogP contribution >= 0.6 is 0 Å². The van der Waals surface area contributed by atoms with E-state index in [1.807, 2.05) is 31.2 Å². The Morgan fingerprint density at radius 1 is 1.17 bits per heavy atom. The topological polar surface area (TPSA) is 97.8 Å². The molecule has 146 valence electrons. The Kier molecular flexibility index (Phi) is 3.19. The fraction of sp³-hybridized carbons (Fsp3) is 0.208. The maximum absolute atomic E-state index is 13.1. The fourth-order valence-electron chi connectivity index (χ4n) is 5.53. The van der Waals surface area contributed by atoms with Crippen LogP contribution in [0, 0.1) is 18.3 Å². The summed E-state index contributed by atoms with van der Waals surface area (Å²) >= 11 is 0.